The molecule has 2 atom stereocenters. The van der Waals surface area contributed by atoms with Crippen LogP contribution in [0.2, 0.25) is 0 Å². The summed E-state index contributed by atoms with van der Waals surface area (Å²) in [5, 5.41) is 0. The van der Waals surface area contributed by atoms with Gasteiger partial charge in [0.2, 0.25) is 0 Å². The van der Waals surface area contributed by atoms with E-state index in [-0.39, 0.29) is 0 Å². The third kappa shape index (κ3) is 13.4. The van der Waals surface area contributed by atoms with Crippen molar-refractivity contribution in [2.45, 2.75) is 130 Å². The molecule has 36 heavy (non-hydrogen) atoms. The molecule has 0 aliphatic rings. The molecule has 0 fully saturated rings. The van der Waals surface area contributed by atoms with Gasteiger partial charge in [-0.3, -0.25) is 0 Å². The Morgan fingerprint density at radius 2 is 1.33 bits per heavy atom. The largest absolute Gasteiger partial charge is 0.490 e. The van der Waals surface area contributed by atoms with E-state index < -0.39 is 6.17 Å². The highest BCUT2D eigenvalue weighted by Crippen LogP contribution is 2.21. The molecule has 2 unspecified atom stereocenters. The molecule has 0 N–H and O–H groups in total. The van der Waals surface area contributed by atoms with Crippen LogP contribution in [0.25, 0.3) is 11.4 Å². The Labute approximate surface area is 220 Å². The number of ether oxygens (including phenoxy) is 1. The number of aromatic nitrogens is 2. The maximum atomic E-state index is 14.2. The number of unbranched alkanes of at least 4 members (excludes halogenated alkanes) is 10. The Morgan fingerprint density at radius 3 is 1.94 bits per heavy atom. The van der Waals surface area contributed by atoms with Crippen molar-refractivity contribution < 1.29 is 9.13 Å². The molecule has 2 rings (SSSR count). The lowest BCUT2D eigenvalue weighted by atomic mass is 9.97. The second-order valence-corrected chi connectivity index (χ2v) is 10.6. The first-order valence-corrected chi connectivity index (χ1v) is 14.8. The zero-order valence-electron chi connectivity index (χ0n) is 23.3. The number of halogens is 1. The molecule has 0 bridgehead atoms. The van der Waals surface area contributed by atoms with Crippen molar-refractivity contribution in [1.29, 1.82) is 0 Å². The number of nitrogens with zero attached hydrogens (tertiary/aromatic N) is 2. The summed E-state index contributed by atoms with van der Waals surface area (Å²) >= 11 is 0. The molecule has 0 saturated carbocycles. The molecule has 4 heteroatoms. The van der Waals surface area contributed by atoms with Gasteiger partial charge in [0, 0.05) is 12.0 Å². The van der Waals surface area contributed by atoms with Gasteiger partial charge in [-0.15, -0.1) is 0 Å². The minimum atomic E-state index is -0.809. The number of hydrogen-bond acceptors (Lipinski definition) is 3. The van der Waals surface area contributed by atoms with Crippen molar-refractivity contribution in [2.75, 3.05) is 6.61 Å². The number of aryl methyl sites for hydroxylation is 1. The van der Waals surface area contributed by atoms with Crippen molar-refractivity contribution in [3.63, 3.8) is 0 Å². The predicted octanol–water partition coefficient (Wildman–Crippen LogP) is 9.93. The van der Waals surface area contributed by atoms with E-state index in [0.29, 0.717) is 36.9 Å². The Morgan fingerprint density at radius 1 is 0.750 bits per heavy atom. The maximum Gasteiger partial charge on any atom is 0.159 e. The molecule has 0 radical (unpaired) electrons. The van der Waals surface area contributed by atoms with Crippen LogP contribution >= 0.6 is 0 Å². The first kappa shape index (κ1) is 30.3. The summed E-state index contributed by atoms with van der Waals surface area (Å²) in [5.74, 6) is 1.73. The van der Waals surface area contributed by atoms with Gasteiger partial charge in [-0.05, 0) is 30.7 Å². The van der Waals surface area contributed by atoms with Crippen molar-refractivity contribution >= 4 is 0 Å². The average Bonchev–Trinajstić information content (AvgIpc) is 2.89. The van der Waals surface area contributed by atoms with Gasteiger partial charge < -0.3 is 4.74 Å². The van der Waals surface area contributed by atoms with E-state index in [0.717, 1.165) is 18.4 Å². The van der Waals surface area contributed by atoms with Gasteiger partial charge in [-0.1, -0.05) is 122 Å². The van der Waals surface area contributed by atoms with E-state index in [1.54, 1.807) is 12.4 Å². The van der Waals surface area contributed by atoms with Gasteiger partial charge in [0.1, 0.15) is 6.17 Å². The van der Waals surface area contributed by atoms with Crippen LogP contribution in [0.5, 0.6) is 5.75 Å². The normalized spacial score (nSPS) is 13.0. The standard InChI is InChI=1S/C32H51FN2O/c1-4-6-8-9-10-11-12-13-14-15-17-28-18-20-29(21-19-28)32-34-25-31(26-35-32)36-23-22-30(33)24-27(3)16-7-5-2/h18-21,25-27,30H,4-17,22-24H2,1-3H3. The highest BCUT2D eigenvalue weighted by molar-refractivity contribution is 5.55. The lowest BCUT2D eigenvalue weighted by Crippen LogP contribution is -2.12. The Bertz CT molecular complexity index is 778. The third-order valence-corrected chi connectivity index (χ3v) is 7.07. The Kier molecular flexibility index (Phi) is 16.1. The molecule has 202 valence electrons. The SMILES string of the molecule is CCCCCCCCCCCCc1ccc(-c2ncc(OCCC(F)CC(C)CCCC)cn2)cc1. The molecular formula is C32H51FN2O. The smallest absolute Gasteiger partial charge is 0.159 e. The fraction of sp³-hybridized carbons (Fsp3) is 0.688. The molecule has 0 spiro atoms. The quantitative estimate of drug-likeness (QED) is 0.161. The molecular weight excluding hydrogens is 447 g/mol. The first-order chi connectivity index (χ1) is 17.6. The summed E-state index contributed by atoms with van der Waals surface area (Å²) in [5.41, 5.74) is 2.39. The fourth-order valence-corrected chi connectivity index (χ4v) is 4.71. The van der Waals surface area contributed by atoms with Crippen LogP contribution in [0.1, 0.15) is 123 Å². The first-order valence-electron chi connectivity index (χ1n) is 14.8. The van der Waals surface area contributed by atoms with E-state index in [1.165, 1.54) is 82.6 Å². The summed E-state index contributed by atoms with van der Waals surface area (Å²) in [7, 11) is 0. The molecule has 1 aromatic carbocycles. The zero-order chi connectivity index (χ0) is 25.8. The van der Waals surface area contributed by atoms with E-state index >= 15 is 0 Å². The van der Waals surface area contributed by atoms with Crippen LogP contribution in [-0.2, 0) is 6.42 Å². The predicted molar refractivity (Wildman–Crippen MR) is 151 cm³/mol. The molecule has 2 aromatic rings. The van der Waals surface area contributed by atoms with E-state index in [4.69, 9.17) is 4.74 Å². The lowest BCUT2D eigenvalue weighted by molar-refractivity contribution is 0.204. The van der Waals surface area contributed by atoms with Crippen LogP contribution in [-0.4, -0.2) is 22.7 Å². The molecule has 1 heterocycles. The molecule has 3 nitrogen and oxygen atoms in total. The van der Waals surface area contributed by atoms with E-state index in [1.807, 2.05) is 0 Å². The van der Waals surface area contributed by atoms with Gasteiger partial charge >= 0.3 is 0 Å². The summed E-state index contributed by atoms with van der Waals surface area (Å²) in [6.45, 7) is 6.95. The van der Waals surface area contributed by atoms with Crippen molar-refractivity contribution in [2.24, 2.45) is 5.92 Å². The number of hydrogen-bond donors (Lipinski definition) is 0. The highest BCUT2D eigenvalue weighted by atomic mass is 19.1. The number of benzene rings is 1. The van der Waals surface area contributed by atoms with Crippen LogP contribution in [0.3, 0.4) is 0 Å². The second-order valence-electron chi connectivity index (χ2n) is 10.6. The van der Waals surface area contributed by atoms with Gasteiger partial charge in [0.25, 0.3) is 0 Å². The minimum absolute atomic E-state index is 0.359. The monoisotopic (exact) mass is 498 g/mol. The molecule has 0 saturated heterocycles. The lowest BCUT2D eigenvalue weighted by Gasteiger charge is -2.14. The third-order valence-electron chi connectivity index (χ3n) is 7.07. The Hall–Kier alpha value is -1.97. The summed E-state index contributed by atoms with van der Waals surface area (Å²) < 4.78 is 19.9. The van der Waals surface area contributed by atoms with Crippen molar-refractivity contribution in [1.82, 2.24) is 9.97 Å². The van der Waals surface area contributed by atoms with Crippen LogP contribution in [0, 0.1) is 5.92 Å². The minimum Gasteiger partial charge on any atom is -0.490 e. The summed E-state index contributed by atoms with van der Waals surface area (Å²) in [6, 6.07) is 8.60. The maximum absolute atomic E-state index is 14.2. The van der Waals surface area contributed by atoms with Gasteiger partial charge in [-0.2, -0.15) is 0 Å². The van der Waals surface area contributed by atoms with Crippen molar-refractivity contribution in [3.8, 4) is 17.1 Å². The number of rotatable bonds is 21. The fourth-order valence-electron chi connectivity index (χ4n) is 4.71. The summed E-state index contributed by atoms with van der Waals surface area (Å²) in [4.78, 5) is 8.91. The zero-order valence-corrected chi connectivity index (χ0v) is 23.3. The molecule has 1 aromatic heterocycles. The van der Waals surface area contributed by atoms with Crippen LogP contribution < -0.4 is 4.74 Å². The summed E-state index contributed by atoms with van der Waals surface area (Å²) in [6.07, 6.45) is 21.9. The van der Waals surface area contributed by atoms with E-state index in [9.17, 15) is 4.39 Å². The van der Waals surface area contributed by atoms with Gasteiger partial charge in [-0.25, -0.2) is 14.4 Å². The Balaban J connectivity index is 1.61. The molecule has 0 aliphatic heterocycles. The van der Waals surface area contributed by atoms with Gasteiger partial charge in [0.05, 0.1) is 19.0 Å². The average molecular weight is 499 g/mol. The molecule has 0 aliphatic carbocycles. The second kappa shape index (κ2) is 19.2. The van der Waals surface area contributed by atoms with E-state index in [2.05, 4.69) is 55.0 Å². The van der Waals surface area contributed by atoms with Crippen LogP contribution in [0.15, 0.2) is 36.7 Å². The highest BCUT2D eigenvalue weighted by Gasteiger charge is 2.12. The van der Waals surface area contributed by atoms with Crippen LogP contribution in [0.4, 0.5) is 4.39 Å². The number of alkyl halides is 1. The molecule has 0 amide bonds. The van der Waals surface area contributed by atoms with Gasteiger partial charge in [0.15, 0.2) is 11.6 Å². The van der Waals surface area contributed by atoms with Crippen molar-refractivity contribution in [3.05, 3.63) is 42.2 Å². The topological polar surface area (TPSA) is 35.0 Å².